The molecule has 2 N–H and O–H groups in total. The number of carbonyl (C=O) groups excluding carboxylic acids is 2. The highest BCUT2D eigenvalue weighted by molar-refractivity contribution is 7.17. The van der Waals surface area contributed by atoms with Crippen LogP contribution in [0.3, 0.4) is 0 Å². The molecule has 4 heterocycles. The summed E-state index contributed by atoms with van der Waals surface area (Å²) in [7, 11) is 1.57. The molecule has 0 saturated carbocycles. The molecular weight excluding hydrogens is 542 g/mol. The Morgan fingerprint density at radius 3 is 2.80 bits per heavy atom. The van der Waals surface area contributed by atoms with Crippen molar-refractivity contribution in [3.8, 4) is 16.6 Å². The van der Waals surface area contributed by atoms with E-state index in [0.717, 1.165) is 17.5 Å². The molecule has 0 radical (unpaired) electrons. The minimum Gasteiger partial charge on any atom is -0.447 e. The first-order valence-corrected chi connectivity index (χ1v) is 14.1. The topological polar surface area (TPSA) is 142 Å². The highest BCUT2D eigenvalue weighted by Gasteiger charge is 2.38. The Labute approximate surface area is 239 Å². The maximum Gasteiger partial charge on any atom is 0.410 e. The summed E-state index contributed by atoms with van der Waals surface area (Å²) in [5.74, 6) is 0.337. The Balaban J connectivity index is 1.41. The van der Waals surface area contributed by atoms with E-state index in [4.69, 9.17) is 15.0 Å². The molecule has 0 aliphatic carbocycles. The first-order chi connectivity index (χ1) is 19.8. The van der Waals surface area contributed by atoms with Crippen LogP contribution < -0.4 is 16.2 Å². The van der Waals surface area contributed by atoms with E-state index in [2.05, 4.69) is 21.7 Å². The molecule has 11 nitrogen and oxygen atoms in total. The number of nitrogens with one attached hydrogen (secondary N) is 2. The molecule has 2 atom stereocenters. The van der Waals surface area contributed by atoms with Crippen molar-refractivity contribution in [2.45, 2.75) is 38.4 Å². The Bertz CT molecular complexity index is 1770. The fourth-order valence-corrected chi connectivity index (χ4v) is 6.30. The van der Waals surface area contributed by atoms with Gasteiger partial charge in [-0.2, -0.15) is 5.26 Å². The van der Waals surface area contributed by atoms with E-state index in [0.29, 0.717) is 64.0 Å². The monoisotopic (exact) mass is 569 g/mol. The smallest absolute Gasteiger partial charge is 0.410 e. The maximum absolute atomic E-state index is 13.8. The highest BCUT2D eigenvalue weighted by Crippen LogP contribution is 2.36. The number of hydrogen-bond donors (Lipinski definition) is 2. The third-order valence-corrected chi connectivity index (χ3v) is 8.63. The number of fused-ring (bicyclic) bond motifs is 2. The van der Waals surface area contributed by atoms with Gasteiger partial charge in [-0.1, -0.05) is 12.1 Å². The van der Waals surface area contributed by atoms with Gasteiger partial charge in [-0.25, -0.2) is 14.8 Å². The number of benzene rings is 2. The zero-order chi connectivity index (χ0) is 28.7. The van der Waals surface area contributed by atoms with Gasteiger partial charge in [0, 0.05) is 30.9 Å². The van der Waals surface area contributed by atoms with Crippen molar-refractivity contribution in [3.05, 3.63) is 74.8 Å². The first-order valence-electron chi connectivity index (χ1n) is 13.3. The van der Waals surface area contributed by atoms with E-state index in [-0.39, 0.29) is 29.6 Å². The van der Waals surface area contributed by atoms with Crippen molar-refractivity contribution in [1.29, 1.82) is 5.26 Å². The molecule has 2 fully saturated rings. The van der Waals surface area contributed by atoms with Crippen LogP contribution in [0.4, 0.5) is 10.5 Å². The summed E-state index contributed by atoms with van der Waals surface area (Å²) in [5, 5.41) is 16.4. The summed E-state index contributed by atoms with van der Waals surface area (Å²) in [5.41, 5.74) is 3.25. The summed E-state index contributed by atoms with van der Waals surface area (Å²) < 4.78 is 6.86. The average molecular weight is 570 g/mol. The molecule has 2 aromatic heterocycles. The van der Waals surface area contributed by atoms with E-state index >= 15 is 0 Å². The lowest BCUT2D eigenvalue weighted by Crippen LogP contribution is -2.45. The standard InChI is InChI=1S/C29H27N7O4S/c1-16-33-24-10-21(27-32-13-25(41-27)26(37)31-2)23(34-19-7-8-35-20(9-19)15-40-29(35)39)11-22(24)28(38)36(16)14-18-5-3-17(12-30)4-6-18/h3-6,10-11,13,19-20,34H,7-9,14-15H2,1-2H3,(H,31,37)/t19-,20-/m0/s1. The van der Waals surface area contributed by atoms with E-state index in [1.807, 2.05) is 24.3 Å². The quantitative estimate of drug-likeness (QED) is 0.359. The predicted octanol–water partition coefficient (Wildman–Crippen LogP) is 3.50. The second-order valence-corrected chi connectivity index (χ2v) is 11.2. The molecule has 2 amide bonds. The van der Waals surface area contributed by atoms with E-state index in [9.17, 15) is 14.4 Å². The van der Waals surface area contributed by atoms with Crippen molar-refractivity contribution in [2.24, 2.45) is 0 Å². The van der Waals surface area contributed by atoms with E-state index < -0.39 is 0 Å². The van der Waals surface area contributed by atoms with Crippen LogP contribution in [-0.2, 0) is 11.3 Å². The van der Waals surface area contributed by atoms with Crippen molar-refractivity contribution in [2.75, 3.05) is 25.5 Å². The number of nitriles is 1. The van der Waals surface area contributed by atoms with Crippen LogP contribution in [0.15, 0.2) is 47.4 Å². The highest BCUT2D eigenvalue weighted by atomic mass is 32.1. The summed E-state index contributed by atoms with van der Waals surface area (Å²) in [6.45, 7) is 3.06. The predicted molar refractivity (Wildman–Crippen MR) is 154 cm³/mol. The fourth-order valence-electron chi connectivity index (χ4n) is 5.41. The lowest BCUT2D eigenvalue weighted by atomic mass is 9.97. The van der Waals surface area contributed by atoms with Crippen molar-refractivity contribution < 1.29 is 14.3 Å². The molecule has 41 heavy (non-hydrogen) atoms. The molecule has 0 spiro atoms. The minimum atomic E-state index is -0.270. The van der Waals surface area contributed by atoms with E-state index in [1.54, 1.807) is 41.8 Å². The zero-order valence-electron chi connectivity index (χ0n) is 22.5. The Morgan fingerprint density at radius 2 is 2.05 bits per heavy atom. The number of aromatic nitrogens is 3. The lowest BCUT2D eigenvalue weighted by Gasteiger charge is -2.33. The van der Waals surface area contributed by atoms with Gasteiger partial charge in [0.05, 0.1) is 41.3 Å². The normalized spacial score (nSPS) is 18.1. The van der Waals surface area contributed by atoms with Gasteiger partial charge in [0.25, 0.3) is 11.5 Å². The average Bonchev–Trinajstić information content (AvgIpc) is 3.62. The second kappa shape index (κ2) is 10.7. The number of amides is 2. The molecular formula is C29H27N7O4S. The van der Waals surface area contributed by atoms with Crippen LogP contribution in [-0.4, -0.2) is 63.7 Å². The van der Waals surface area contributed by atoms with E-state index in [1.165, 1.54) is 11.3 Å². The van der Waals surface area contributed by atoms with Gasteiger partial charge < -0.3 is 20.3 Å². The number of rotatable bonds is 6. The summed E-state index contributed by atoms with van der Waals surface area (Å²) in [4.78, 5) is 49.6. The first kappa shape index (κ1) is 26.5. The molecule has 2 aliphatic heterocycles. The van der Waals surface area contributed by atoms with Gasteiger partial charge in [-0.3, -0.25) is 14.2 Å². The van der Waals surface area contributed by atoms with Gasteiger partial charge in [0.15, 0.2) is 0 Å². The molecule has 4 aromatic rings. The third-order valence-electron chi connectivity index (χ3n) is 7.60. The van der Waals surface area contributed by atoms with Crippen LogP contribution in [0.1, 0.15) is 39.5 Å². The van der Waals surface area contributed by atoms with Gasteiger partial charge in [-0.15, -0.1) is 11.3 Å². The number of nitrogens with zero attached hydrogens (tertiary/aromatic N) is 5. The summed E-state index contributed by atoms with van der Waals surface area (Å²) in [6.07, 6.45) is 2.70. The number of aryl methyl sites for hydroxylation is 1. The van der Waals surface area contributed by atoms with Crippen LogP contribution >= 0.6 is 11.3 Å². The lowest BCUT2D eigenvalue weighted by molar-refractivity contribution is 0.0966. The Kier molecular flexibility index (Phi) is 6.88. The number of hydrogen-bond acceptors (Lipinski definition) is 9. The minimum absolute atomic E-state index is 0.00587. The number of ether oxygens (including phenoxy) is 1. The van der Waals surface area contributed by atoms with Gasteiger partial charge in [0.1, 0.15) is 22.3 Å². The van der Waals surface area contributed by atoms with Crippen LogP contribution in [0.25, 0.3) is 21.5 Å². The maximum atomic E-state index is 13.8. The number of anilines is 1. The molecule has 6 rings (SSSR count). The molecule has 2 aromatic carbocycles. The number of carbonyl (C=O) groups is 2. The number of cyclic esters (lactones) is 1. The fraction of sp³-hybridized carbons (Fsp3) is 0.310. The van der Waals surface area contributed by atoms with Crippen molar-refractivity contribution >= 4 is 39.9 Å². The number of piperidine rings is 1. The Hall–Kier alpha value is -4.76. The second-order valence-electron chi connectivity index (χ2n) is 10.2. The molecule has 2 saturated heterocycles. The van der Waals surface area contributed by atoms with Crippen LogP contribution in [0.5, 0.6) is 0 Å². The molecule has 2 aliphatic rings. The SMILES string of the molecule is CNC(=O)c1cnc(-c2cc3nc(C)n(Cc4ccc(C#N)cc4)c(=O)c3cc2N[C@H]2CCN3C(=O)OC[C@@H]3C2)s1. The van der Waals surface area contributed by atoms with Crippen LogP contribution in [0, 0.1) is 18.3 Å². The van der Waals surface area contributed by atoms with Crippen LogP contribution in [0.2, 0.25) is 0 Å². The molecule has 0 unspecified atom stereocenters. The zero-order valence-corrected chi connectivity index (χ0v) is 23.3. The van der Waals surface area contributed by atoms with Gasteiger partial charge >= 0.3 is 6.09 Å². The molecule has 208 valence electrons. The molecule has 0 bridgehead atoms. The number of thiazole rings is 1. The largest absolute Gasteiger partial charge is 0.447 e. The summed E-state index contributed by atoms with van der Waals surface area (Å²) in [6, 6.07) is 13.0. The van der Waals surface area contributed by atoms with Gasteiger partial charge in [0.2, 0.25) is 0 Å². The van der Waals surface area contributed by atoms with Crippen molar-refractivity contribution in [3.63, 3.8) is 0 Å². The van der Waals surface area contributed by atoms with Gasteiger partial charge in [-0.05, 0) is 49.6 Å². The Morgan fingerprint density at radius 1 is 1.24 bits per heavy atom. The summed E-state index contributed by atoms with van der Waals surface area (Å²) >= 11 is 1.27. The van der Waals surface area contributed by atoms with Crippen molar-refractivity contribution in [1.82, 2.24) is 24.8 Å². The third kappa shape index (κ3) is 5.00. The molecule has 12 heteroatoms.